The van der Waals surface area contributed by atoms with Crippen LogP contribution in [0.4, 0.5) is 0 Å². The molecule has 1 N–H and O–H groups in total. The first-order chi connectivity index (χ1) is 27.4. The summed E-state index contributed by atoms with van der Waals surface area (Å²) in [7, 11) is 0. The predicted octanol–water partition coefficient (Wildman–Crippen LogP) is 9.31. The van der Waals surface area contributed by atoms with Crippen molar-refractivity contribution in [2.75, 3.05) is 6.61 Å². The Morgan fingerprint density at radius 1 is 0.807 bits per heavy atom. The third kappa shape index (κ3) is 9.07. The minimum absolute atomic E-state index is 0.0665. The zero-order valence-corrected chi connectivity index (χ0v) is 33.5. The number of aliphatic hydroxyl groups excluding tert-OH is 1. The summed E-state index contributed by atoms with van der Waals surface area (Å²) in [5, 5.41) is 10.8. The molecular formula is C49H52O8. The molecule has 57 heavy (non-hydrogen) atoms. The lowest BCUT2D eigenvalue weighted by atomic mass is 9.86. The smallest absolute Gasteiger partial charge is 0.339 e. The molecule has 1 aromatic heterocycles. The first-order valence-electron chi connectivity index (χ1n) is 20.1. The maximum Gasteiger partial charge on any atom is 0.339 e. The van der Waals surface area contributed by atoms with Gasteiger partial charge in [-0.3, -0.25) is 4.79 Å². The van der Waals surface area contributed by atoms with E-state index in [-0.39, 0.29) is 30.4 Å². The number of benzene rings is 4. The normalized spacial score (nSPS) is 20.6. The van der Waals surface area contributed by atoms with Gasteiger partial charge in [0.1, 0.15) is 16.9 Å². The Hall–Kier alpha value is -5.47. The Morgan fingerprint density at radius 3 is 2.26 bits per heavy atom. The minimum atomic E-state index is -1.16. The molecular weight excluding hydrogens is 717 g/mol. The highest BCUT2D eigenvalue weighted by atomic mass is 16.6. The zero-order chi connectivity index (χ0) is 40.3. The largest absolute Gasteiger partial charge is 0.483 e. The summed E-state index contributed by atoms with van der Waals surface area (Å²) < 4.78 is 25.3. The molecule has 0 spiro atoms. The molecule has 8 heteroatoms. The topological polar surface area (TPSA) is 112 Å². The van der Waals surface area contributed by atoms with Crippen LogP contribution in [0, 0.1) is 5.92 Å². The maximum absolute atomic E-state index is 14.4. The average Bonchev–Trinajstić information content (AvgIpc) is 3.18. The number of aliphatic hydroxyl groups is 1. The minimum Gasteiger partial charge on any atom is -0.483 e. The van der Waals surface area contributed by atoms with Crippen molar-refractivity contribution >= 4 is 22.9 Å². The number of carbonyl (C=O) groups excluding carboxylic acids is 2. The summed E-state index contributed by atoms with van der Waals surface area (Å²) in [6.07, 6.45) is 1.75. The molecule has 3 aliphatic rings. The molecule has 0 aliphatic carbocycles. The van der Waals surface area contributed by atoms with E-state index >= 15 is 0 Å². The highest BCUT2D eigenvalue weighted by molar-refractivity contribution is 5.90. The van der Waals surface area contributed by atoms with Gasteiger partial charge >= 0.3 is 17.6 Å². The van der Waals surface area contributed by atoms with Crippen molar-refractivity contribution in [3.8, 4) is 5.75 Å². The second-order valence-corrected chi connectivity index (χ2v) is 16.5. The molecule has 4 heterocycles. The van der Waals surface area contributed by atoms with Crippen LogP contribution in [0.25, 0.3) is 11.0 Å². The Kier molecular flexibility index (Phi) is 11.8. The van der Waals surface area contributed by atoms with E-state index in [1.165, 1.54) is 16.7 Å². The van der Waals surface area contributed by atoms with E-state index in [1.807, 2.05) is 26.0 Å². The van der Waals surface area contributed by atoms with Crippen LogP contribution < -0.4 is 10.4 Å². The van der Waals surface area contributed by atoms with E-state index in [0.717, 1.165) is 30.4 Å². The van der Waals surface area contributed by atoms with Crippen molar-refractivity contribution in [3.05, 3.63) is 158 Å². The summed E-state index contributed by atoms with van der Waals surface area (Å²) in [5.41, 5.74) is 6.11. The van der Waals surface area contributed by atoms with Gasteiger partial charge in [-0.05, 0) is 123 Å². The molecule has 0 saturated heterocycles. The second-order valence-electron chi connectivity index (χ2n) is 16.5. The SMILES string of the molecule is CC(CO)=C1CCc2ccc(cc2)CC(CCc2cccc(Cc3ccccc3)c2)CC(=O)OC2c3c(ccc4cc(C(C)C)c(=O)oc34)OC(C)(C)C2OC1=O. The van der Waals surface area contributed by atoms with Gasteiger partial charge < -0.3 is 23.7 Å². The number of rotatable bonds is 7. The van der Waals surface area contributed by atoms with Gasteiger partial charge in [-0.15, -0.1) is 0 Å². The van der Waals surface area contributed by atoms with Gasteiger partial charge in [0.15, 0.2) is 12.2 Å². The highest BCUT2D eigenvalue weighted by Gasteiger charge is 2.50. The van der Waals surface area contributed by atoms with Crippen molar-refractivity contribution in [1.29, 1.82) is 0 Å². The molecule has 8 rings (SSSR count). The van der Waals surface area contributed by atoms with Crippen LogP contribution in [0.15, 0.2) is 117 Å². The lowest BCUT2D eigenvalue weighted by Gasteiger charge is -2.43. The van der Waals surface area contributed by atoms with Crippen molar-refractivity contribution in [1.82, 2.24) is 0 Å². The first-order valence-corrected chi connectivity index (χ1v) is 20.1. The third-order valence-electron chi connectivity index (χ3n) is 11.4. The number of aryl methyl sites for hydroxylation is 2. The molecule has 2 bridgehead atoms. The average molecular weight is 769 g/mol. The van der Waals surface area contributed by atoms with Crippen LogP contribution in [0.1, 0.15) is 105 Å². The molecule has 8 nitrogen and oxygen atoms in total. The van der Waals surface area contributed by atoms with Gasteiger partial charge in [-0.1, -0.05) is 92.7 Å². The van der Waals surface area contributed by atoms with Crippen LogP contribution in [0.3, 0.4) is 0 Å². The molecule has 3 aliphatic heterocycles. The van der Waals surface area contributed by atoms with Crippen LogP contribution in [0.5, 0.6) is 5.75 Å². The number of hydrogen-bond donors (Lipinski definition) is 1. The van der Waals surface area contributed by atoms with Crippen LogP contribution >= 0.6 is 0 Å². The Bertz CT molecular complexity index is 2330. The molecule has 0 amide bonds. The van der Waals surface area contributed by atoms with Crippen molar-refractivity contribution in [2.45, 2.75) is 103 Å². The third-order valence-corrected chi connectivity index (χ3v) is 11.4. The van der Waals surface area contributed by atoms with Gasteiger partial charge in [0.2, 0.25) is 0 Å². The fourth-order valence-electron chi connectivity index (χ4n) is 8.16. The number of esters is 2. The van der Waals surface area contributed by atoms with Crippen LogP contribution in [-0.4, -0.2) is 35.4 Å². The number of hydrogen-bond acceptors (Lipinski definition) is 8. The summed E-state index contributed by atoms with van der Waals surface area (Å²) in [5.74, 6) is -0.862. The predicted molar refractivity (Wildman–Crippen MR) is 220 cm³/mol. The van der Waals surface area contributed by atoms with Gasteiger partial charge in [0, 0.05) is 22.9 Å². The molecule has 296 valence electrons. The quantitative estimate of drug-likeness (QED) is 0.0991. The Balaban J connectivity index is 1.26. The van der Waals surface area contributed by atoms with Gasteiger partial charge in [-0.2, -0.15) is 0 Å². The van der Waals surface area contributed by atoms with E-state index in [0.29, 0.717) is 52.7 Å². The molecule has 4 aromatic carbocycles. The second kappa shape index (κ2) is 16.9. The summed E-state index contributed by atoms with van der Waals surface area (Å²) >= 11 is 0. The van der Waals surface area contributed by atoms with Gasteiger partial charge in [-0.25, -0.2) is 9.59 Å². The fourth-order valence-corrected chi connectivity index (χ4v) is 8.16. The van der Waals surface area contributed by atoms with Crippen molar-refractivity contribution in [2.24, 2.45) is 5.92 Å². The van der Waals surface area contributed by atoms with E-state index in [4.69, 9.17) is 18.6 Å². The molecule has 3 unspecified atom stereocenters. The molecule has 0 radical (unpaired) electrons. The first kappa shape index (κ1) is 39.8. The molecule has 0 fully saturated rings. The number of ether oxygens (including phenoxy) is 3. The molecule has 3 atom stereocenters. The fraction of sp³-hybridized carbons (Fsp3) is 0.367. The van der Waals surface area contributed by atoms with Gasteiger partial charge in [0.25, 0.3) is 0 Å². The zero-order valence-electron chi connectivity index (χ0n) is 33.5. The lowest BCUT2D eigenvalue weighted by Crippen LogP contribution is -2.52. The number of fused-ring (bicyclic) bond motifs is 13. The standard InChI is InChI=1S/C49H52O8/c1-30(2)40-28-38-21-23-41-43(44(38)55-48(40)53)45-46(49(4,5)57-41)56-47(52)39(31(3)29-50)22-20-32-14-16-35(17-15-32)26-37(27-42(51)54-45)19-18-34-12-9-13-36(25-34)24-33-10-7-6-8-11-33/h6-17,21,23,25,28,30,37,45-46,50H,18-20,22,24,26-27,29H2,1-5H3. The van der Waals surface area contributed by atoms with E-state index in [9.17, 15) is 19.5 Å². The van der Waals surface area contributed by atoms with E-state index in [1.54, 1.807) is 32.9 Å². The number of carbonyl (C=O) groups is 2. The van der Waals surface area contributed by atoms with E-state index < -0.39 is 35.4 Å². The Morgan fingerprint density at radius 2 is 1.53 bits per heavy atom. The summed E-state index contributed by atoms with van der Waals surface area (Å²) in [6.45, 7) is 8.81. The lowest BCUT2D eigenvalue weighted by molar-refractivity contribution is -0.188. The molecule has 0 saturated carbocycles. The Labute approximate surface area is 334 Å². The van der Waals surface area contributed by atoms with Crippen LogP contribution in [-0.2, 0) is 44.7 Å². The molecule has 5 aromatic rings. The summed E-state index contributed by atoms with van der Waals surface area (Å²) in [6, 6.07) is 32.8. The van der Waals surface area contributed by atoms with Crippen LogP contribution in [0.2, 0.25) is 0 Å². The van der Waals surface area contributed by atoms with Crippen molar-refractivity contribution in [3.63, 3.8) is 0 Å². The van der Waals surface area contributed by atoms with E-state index in [2.05, 4.69) is 72.8 Å². The van der Waals surface area contributed by atoms with Crippen molar-refractivity contribution < 1.29 is 33.3 Å². The monoisotopic (exact) mass is 768 g/mol. The highest BCUT2D eigenvalue weighted by Crippen LogP contribution is 2.47. The summed E-state index contributed by atoms with van der Waals surface area (Å²) in [4.78, 5) is 41.9. The van der Waals surface area contributed by atoms with Gasteiger partial charge in [0.05, 0.1) is 12.2 Å². The maximum atomic E-state index is 14.4.